The number of rotatable bonds is 33. The van der Waals surface area contributed by atoms with Crippen LogP contribution < -0.4 is 14.4 Å². The first kappa shape index (κ1) is 68.6. The van der Waals surface area contributed by atoms with Crippen molar-refractivity contribution in [2.75, 3.05) is 19.1 Å². The maximum Gasteiger partial charge on any atom is 0.119 e. The number of nitrogens with zero attached hydrogens (tertiary/aromatic N) is 2. The van der Waals surface area contributed by atoms with E-state index >= 15 is 0 Å². The van der Waals surface area contributed by atoms with Crippen molar-refractivity contribution in [2.45, 2.75) is 212 Å². The van der Waals surface area contributed by atoms with E-state index in [-0.39, 0.29) is 0 Å². The van der Waals surface area contributed by atoms with E-state index in [1.807, 2.05) is 0 Å². The highest BCUT2D eigenvalue weighted by atomic mass is 16.5. The van der Waals surface area contributed by atoms with Crippen LogP contribution in [0, 0.1) is 58.7 Å². The van der Waals surface area contributed by atoms with E-state index in [1.54, 1.807) is 14.2 Å². The molecular weight excluding hydrogens is 1230 g/mol. The van der Waals surface area contributed by atoms with Crippen LogP contribution in [-0.4, -0.2) is 14.2 Å². The Hall–Kier alpha value is -8.13. The van der Waals surface area contributed by atoms with Gasteiger partial charge >= 0.3 is 0 Å². The Labute approximate surface area is 602 Å². The summed E-state index contributed by atoms with van der Waals surface area (Å²) in [6.45, 7) is 29.0. The topological polar surface area (TPSA) is 45.5 Å². The molecular formula is C97H110N2O2. The predicted molar refractivity (Wildman–Crippen MR) is 441 cm³/mol. The summed E-state index contributed by atoms with van der Waals surface area (Å²) in [5.74, 6) is 6.99. The number of anilines is 3. The molecule has 4 atom stereocenters. The Morgan fingerprint density at radius 3 is 0.723 bits per heavy atom. The van der Waals surface area contributed by atoms with E-state index in [4.69, 9.17) is 9.47 Å². The molecule has 0 amide bonds. The van der Waals surface area contributed by atoms with Crippen molar-refractivity contribution < 1.29 is 9.47 Å². The first-order chi connectivity index (χ1) is 48.9. The molecule has 15 aromatic rings. The molecule has 4 unspecified atom stereocenters. The van der Waals surface area contributed by atoms with E-state index in [2.05, 4.69) is 215 Å². The third-order valence-electron chi connectivity index (χ3n) is 24.5. The molecule has 0 N–H and O–H groups in total. The number of methoxy groups -OCH3 is 2. The molecule has 0 saturated carbocycles. The van der Waals surface area contributed by atoms with Crippen LogP contribution in [0.3, 0.4) is 0 Å². The number of ether oxygens (including phenoxy) is 2. The number of nitriles is 1. The van der Waals surface area contributed by atoms with Gasteiger partial charge in [-0.25, -0.2) is 0 Å². The molecule has 0 saturated heterocycles. The van der Waals surface area contributed by atoms with E-state index in [0.29, 0.717) is 35.5 Å². The van der Waals surface area contributed by atoms with Crippen molar-refractivity contribution >= 4 is 146 Å². The molecule has 15 aromatic carbocycles. The van der Waals surface area contributed by atoms with Crippen LogP contribution in [0.15, 0.2) is 121 Å². The number of aryl methyl sites for hydroxylation is 4. The Kier molecular flexibility index (Phi) is 19.2. The third-order valence-corrected chi connectivity index (χ3v) is 24.5. The highest BCUT2D eigenvalue weighted by Gasteiger charge is 2.34. The van der Waals surface area contributed by atoms with Gasteiger partial charge in [-0.05, 0) is 323 Å². The van der Waals surface area contributed by atoms with Gasteiger partial charge in [0, 0.05) is 17.1 Å². The van der Waals surface area contributed by atoms with Crippen molar-refractivity contribution in [1.82, 2.24) is 0 Å². The maximum atomic E-state index is 11.5. The summed E-state index contributed by atoms with van der Waals surface area (Å²) in [6.07, 6.45) is 23.9. The maximum absolute atomic E-state index is 11.5. The number of fused-ring (bicyclic) bond motifs is 6. The van der Waals surface area contributed by atoms with Gasteiger partial charge in [0.1, 0.15) is 11.5 Å². The van der Waals surface area contributed by atoms with E-state index < -0.39 is 0 Å². The molecule has 0 aromatic heterocycles. The molecule has 520 valence electrons. The van der Waals surface area contributed by atoms with Crippen molar-refractivity contribution in [3.63, 3.8) is 0 Å². The van der Waals surface area contributed by atoms with Crippen molar-refractivity contribution in [3.05, 3.63) is 149 Å². The first-order valence-electron chi connectivity index (χ1n) is 39.7. The SMILES string of the molecule is COc1ccc(N(c2ccc(OC)cc2)c2cc3c4cc(CCC(C)CCCC(C)C)cc5c6cc(CCC(C)CCCC(C)C)cc7c8cc(C#N)cc9c%10cc(CCC(C)CCCC(C)C)cc%11c%12cc(CCC(C)CCCC(C)C)cc%13c(c2)c3c2c(c54)c(c76)c(c89)c(c%10%11)c2c%12%13)cc1. The van der Waals surface area contributed by atoms with Crippen LogP contribution in [0.2, 0.25) is 0 Å². The second-order valence-corrected chi connectivity index (χ2v) is 34.1. The quantitative estimate of drug-likeness (QED) is 0.0304. The number of benzene rings is 15. The second kappa shape index (κ2) is 28.2. The third kappa shape index (κ3) is 12.7. The monoisotopic (exact) mass is 1330 g/mol. The molecule has 4 nitrogen and oxygen atoms in total. The van der Waals surface area contributed by atoms with Crippen LogP contribution in [-0.2, 0) is 25.7 Å². The first-order valence-corrected chi connectivity index (χ1v) is 39.7. The highest BCUT2D eigenvalue weighted by molar-refractivity contribution is 6.61. The Morgan fingerprint density at radius 2 is 0.505 bits per heavy atom. The van der Waals surface area contributed by atoms with Gasteiger partial charge in [-0.1, -0.05) is 209 Å². The van der Waals surface area contributed by atoms with Gasteiger partial charge in [-0.2, -0.15) is 5.26 Å². The van der Waals surface area contributed by atoms with E-state index in [0.717, 1.165) is 97.3 Å². The zero-order valence-corrected chi connectivity index (χ0v) is 63.5. The molecule has 0 aliphatic rings. The molecule has 15 rings (SSSR count). The molecule has 0 heterocycles. The minimum Gasteiger partial charge on any atom is -0.497 e. The van der Waals surface area contributed by atoms with Crippen LogP contribution in [0.4, 0.5) is 17.1 Å². The highest BCUT2D eigenvalue weighted by Crippen LogP contribution is 2.62. The lowest BCUT2D eigenvalue weighted by Crippen LogP contribution is -2.10. The average Bonchev–Trinajstić information content (AvgIpc) is 0.643. The lowest BCUT2D eigenvalue weighted by Gasteiger charge is -2.31. The lowest BCUT2D eigenvalue weighted by atomic mass is 9.72. The lowest BCUT2D eigenvalue weighted by molar-refractivity contribution is 0.415. The van der Waals surface area contributed by atoms with Crippen molar-refractivity contribution in [2.24, 2.45) is 47.3 Å². The summed E-state index contributed by atoms with van der Waals surface area (Å²) in [5.41, 5.74) is 9.69. The Balaban J connectivity index is 1.11. The fraction of sp³-hybridized carbons (Fsp3) is 0.433. The van der Waals surface area contributed by atoms with Crippen LogP contribution >= 0.6 is 0 Å². The number of hydrogen-bond donors (Lipinski definition) is 0. The van der Waals surface area contributed by atoms with Gasteiger partial charge < -0.3 is 14.4 Å². The van der Waals surface area contributed by atoms with Crippen LogP contribution in [0.5, 0.6) is 11.5 Å². The molecule has 0 fully saturated rings. The Morgan fingerprint density at radius 1 is 0.277 bits per heavy atom. The number of hydrogen-bond acceptors (Lipinski definition) is 4. The average molecular weight is 1340 g/mol. The molecule has 0 spiro atoms. The van der Waals surface area contributed by atoms with Gasteiger partial charge in [-0.15, -0.1) is 0 Å². The normalized spacial score (nSPS) is 14.0. The Bertz CT molecular complexity index is 5110. The van der Waals surface area contributed by atoms with Gasteiger partial charge in [0.05, 0.1) is 25.9 Å². The minimum absolute atomic E-state index is 0.611. The largest absolute Gasteiger partial charge is 0.497 e. The summed E-state index contributed by atoms with van der Waals surface area (Å²) < 4.78 is 11.8. The summed E-state index contributed by atoms with van der Waals surface area (Å²) in [4.78, 5) is 2.49. The molecule has 4 heteroatoms. The van der Waals surface area contributed by atoms with Crippen LogP contribution in [0.25, 0.3) is 129 Å². The zero-order chi connectivity index (χ0) is 70.2. The van der Waals surface area contributed by atoms with Crippen molar-refractivity contribution in [3.8, 4) is 17.6 Å². The second-order valence-electron chi connectivity index (χ2n) is 34.1. The summed E-state index contributed by atoms with van der Waals surface area (Å²) in [6, 6.07) is 51.3. The zero-order valence-electron chi connectivity index (χ0n) is 63.5. The molecule has 101 heavy (non-hydrogen) atoms. The minimum atomic E-state index is 0.611. The molecule has 0 aliphatic heterocycles. The standard InChI is InChI=1S/C97H110N2O2/c1-56(2)19-15-23-60(9)27-31-64-43-74-76-45-66(33-29-62(11)25-17-21-58(5)6)49-80-84-53-71(99(69-35-39-72(100-13)40-36-69)70-37-41-73(101-14)42-38-70)54-85-81-50-67(34-30-63(12)26-18-22-59(7)8)46-77-75-44-65(32-28-61(10)24-16-20-57(3)4)48-79-83-52-68(55-98)51-82-78(47-64)86(74)92-94(88(76)80)97(91(84)85)95(89(77)81)93(87(75)79)96(92)90(82)83/h35-54,56-63H,15-34H2,1-14H3. The smallest absolute Gasteiger partial charge is 0.119 e. The van der Waals surface area contributed by atoms with Gasteiger partial charge in [-0.3, -0.25) is 0 Å². The van der Waals surface area contributed by atoms with Gasteiger partial charge in [0.15, 0.2) is 0 Å². The summed E-state index contributed by atoms with van der Waals surface area (Å²) in [5, 5.41) is 44.2. The fourth-order valence-corrected chi connectivity index (χ4v) is 18.9. The van der Waals surface area contributed by atoms with Crippen molar-refractivity contribution in [1.29, 1.82) is 5.26 Å². The van der Waals surface area contributed by atoms with Gasteiger partial charge in [0.2, 0.25) is 0 Å². The van der Waals surface area contributed by atoms with Crippen LogP contribution in [0.1, 0.15) is 214 Å². The molecule has 0 bridgehead atoms. The summed E-state index contributed by atoms with van der Waals surface area (Å²) in [7, 11) is 3.53. The van der Waals surface area contributed by atoms with E-state index in [9.17, 15) is 5.26 Å². The van der Waals surface area contributed by atoms with Gasteiger partial charge in [0.25, 0.3) is 0 Å². The van der Waals surface area contributed by atoms with E-state index in [1.165, 1.54) is 229 Å². The predicted octanol–water partition coefficient (Wildman–Crippen LogP) is 29.1. The molecule has 0 radical (unpaired) electrons. The summed E-state index contributed by atoms with van der Waals surface area (Å²) >= 11 is 0. The molecule has 0 aliphatic carbocycles. The fourth-order valence-electron chi connectivity index (χ4n) is 18.9.